The summed E-state index contributed by atoms with van der Waals surface area (Å²) in [5.41, 5.74) is 1.42. The zero-order valence-corrected chi connectivity index (χ0v) is 14.6. The van der Waals surface area contributed by atoms with E-state index in [1.165, 1.54) is 42.3 Å². The van der Waals surface area contributed by atoms with Crippen LogP contribution in [0.2, 0.25) is 0 Å². The smallest absolute Gasteiger partial charge is 0.0635 e. The van der Waals surface area contributed by atoms with Gasteiger partial charge in [0, 0.05) is 12.0 Å². The van der Waals surface area contributed by atoms with Crippen LogP contribution in [0.3, 0.4) is 0 Å². The van der Waals surface area contributed by atoms with Gasteiger partial charge >= 0.3 is 0 Å². The highest BCUT2D eigenvalue weighted by Crippen LogP contribution is 2.41. The first-order valence-corrected chi connectivity index (χ1v) is 8.88. The number of aromatic nitrogens is 2. The summed E-state index contributed by atoms with van der Waals surface area (Å²) in [6.07, 6.45) is 8.56. The van der Waals surface area contributed by atoms with Crippen molar-refractivity contribution in [2.75, 3.05) is 13.1 Å². The Hall–Kier alpha value is -0.350. The Morgan fingerprint density at radius 2 is 2.15 bits per heavy atom. The van der Waals surface area contributed by atoms with Gasteiger partial charge in [0.05, 0.1) is 16.4 Å². The molecule has 0 bridgehead atoms. The van der Waals surface area contributed by atoms with Gasteiger partial charge in [0.2, 0.25) is 0 Å². The quantitative estimate of drug-likeness (QED) is 0.772. The van der Waals surface area contributed by atoms with E-state index in [0.717, 1.165) is 19.0 Å². The summed E-state index contributed by atoms with van der Waals surface area (Å²) in [6.45, 7) is 8.95. The van der Waals surface area contributed by atoms with Crippen molar-refractivity contribution in [3.8, 4) is 0 Å². The van der Waals surface area contributed by atoms with Crippen molar-refractivity contribution < 1.29 is 0 Å². The van der Waals surface area contributed by atoms with Gasteiger partial charge in [0.1, 0.15) is 0 Å². The Balaban J connectivity index is 2.17. The summed E-state index contributed by atoms with van der Waals surface area (Å²) in [6, 6.07) is 0.433. The van der Waals surface area contributed by atoms with E-state index in [1.807, 2.05) is 6.20 Å². The average Bonchev–Trinajstić information content (AvgIpc) is 2.82. The van der Waals surface area contributed by atoms with Crippen LogP contribution in [-0.2, 0) is 0 Å². The third kappa shape index (κ3) is 3.64. The maximum absolute atomic E-state index is 4.57. The molecule has 1 N–H and O–H groups in total. The minimum Gasteiger partial charge on any atom is -0.316 e. The van der Waals surface area contributed by atoms with Gasteiger partial charge in [-0.15, -0.1) is 0 Å². The third-order valence-corrected chi connectivity index (χ3v) is 4.98. The second-order valence-corrected chi connectivity index (χ2v) is 7.13. The molecule has 0 aromatic carbocycles. The molecule has 4 heteroatoms. The van der Waals surface area contributed by atoms with Crippen molar-refractivity contribution in [3.05, 3.63) is 16.4 Å². The van der Waals surface area contributed by atoms with Gasteiger partial charge in [-0.25, -0.2) is 0 Å². The van der Waals surface area contributed by atoms with E-state index >= 15 is 0 Å². The Labute approximate surface area is 131 Å². The van der Waals surface area contributed by atoms with E-state index in [1.54, 1.807) is 0 Å². The van der Waals surface area contributed by atoms with Crippen LogP contribution in [0.15, 0.2) is 10.7 Å². The Kier molecular flexibility index (Phi) is 6.09. The van der Waals surface area contributed by atoms with Gasteiger partial charge in [-0.2, -0.15) is 5.10 Å². The van der Waals surface area contributed by atoms with E-state index in [9.17, 15) is 0 Å². The molecule has 2 atom stereocenters. The highest BCUT2D eigenvalue weighted by Gasteiger charge is 2.30. The van der Waals surface area contributed by atoms with Crippen LogP contribution in [-0.4, -0.2) is 22.9 Å². The minimum atomic E-state index is 0.433. The first kappa shape index (κ1) is 16.0. The zero-order chi connectivity index (χ0) is 14.5. The van der Waals surface area contributed by atoms with Crippen LogP contribution >= 0.6 is 15.9 Å². The zero-order valence-electron chi connectivity index (χ0n) is 13.0. The van der Waals surface area contributed by atoms with Gasteiger partial charge in [0.25, 0.3) is 0 Å². The topological polar surface area (TPSA) is 29.9 Å². The molecule has 114 valence electrons. The normalized spacial score (nSPS) is 23.4. The Bertz CT molecular complexity index is 414. The number of hydrogen-bond acceptors (Lipinski definition) is 2. The highest BCUT2D eigenvalue weighted by atomic mass is 79.9. The molecule has 0 radical (unpaired) electrons. The van der Waals surface area contributed by atoms with Crippen molar-refractivity contribution >= 4 is 15.9 Å². The SMILES string of the molecule is CCCNCC1CCCCC1c1c(Br)cnn1C(C)C. The highest BCUT2D eigenvalue weighted by molar-refractivity contribution is 9.10. The molecule has 1 aromatic rings. The second kappa shape index (κ2) is 7.60. The molecular weight excluding hydrogens is 314 g/mol. The fourth-order valence-electron chi connectivity index (χ4n) is 3.39. The molecule has 0 amide bonds. The van der Waals surface area contributed by atoms with Crippen LogP contribution in [0.5, 0.6) is 0 Å². The molecule has 0 saturated heterocycles. The van der Waals surface area contributed by atoms with Crippen molar-refractivity contribution in [2.45, 2.75) is 64.8 Å². The number of hydrogen-bond donors (Lipinski definition) is 1. The van der Waals surface area contributed by atoms with E-state index in [0.29, 0.717) is 12.0 Å². The minimum absolute atomic E-state index is 0.433. The number of nitrogens with zero attached hydrogens (tertiary/aromatic N) is 2. The summed E-state index contributed by atoms with van der Waals surface area (Å²) in [5.74, 6) is 1.40. The van der Waals surface area contributed by atoms with Crippen LogP contribution in [0, 0.1) is 5.92 Å². The van der Waals surface area contributed by atoms with Crippen LogP contribution in [0.4, 0.5) is 0 Å². The Morgan fingerprint density at radius 1 is 1.40 bits per heavy atom. The lowest BCUT2D eigenvalue weighted by atomic mass is 9.77. The first-order chi connectivity index (χ1) is 9.65. The maximum Gasteiger partial charge on any atom is 0.0635 e. The lowest BCUT2D eigenvalue weighted by Crippen LogP contribution is -2.31. The standard InChI is InChI=1S/C16H28BrN3/c1-4-9-18-10-13-7-5-6-8-14(13)16-15(17)11-19-20(16)12(2)3/h11-14,18H,4-10H2,1-3H3. The monoisotopic (exact) mass is 341 g/mol. The van der Waals surface area contributed by atoms with Crippen molar-refractivity contribution in [3.63, 3.8) is 0 Å². The summed E-state index contributed by atoms with van der Waals surface area (Å²) >= 11 is 3.73. The molecular formula is C16H28BrN3. The molecule has 20 heavy (non-hydrogen) atoms. The molecule has 0 aliphatic heterocycles. The summed E-state index contributed by atoms with van der Waals surface area (Å²) < 4.78 is 3.41. The molecule has 1 aliphatic rings. The molecule has 1 aliphatic carbocycles. The molecule has 0 spiro atoms. The lowest BCUT2D eigenvalue weighted by molar-refractivity contribution is 0.279. The molecule has 2 rings (SSSR count). The number of rotatable bonds is 6. The molecule has 2 unspecified atom stereocenters. The van der Waals surface area contributed by atoms with E-state index in [-0.39, 0.29) is 0 Å². The number of nitrogens with one attached hydrogen (secondary N) is 1. The maximum atomic E-state index is 4.57. The molecule has 1 aromatic heterocycles. The summed E-state index contributed by atoms with van der Waals surface area (Å²) in [4.78, 5) is 0. The third-order valence-electron chi connectivity index (χ3n) is 4.37. The van der Waals surface area contributed by atoms with Crippen molar-refractivity contribution in [2.24, 2.45) is 5.92 Å². The predicted molar refractivity (Wildman–Crippen MR) is 88.2 cm³/mol. The number of halogens is 1. The predicted octanol–water partition coefficient (Wildman–Crippen LogP) is 4.50. The van der Waals surface area contributed by atoms with Gasteiger partial charge in [-0.05, 0) is 68.0 Å². The summed E-state index contributed by atoms with van der Waals surface area (Å²) in [7, 11) is 0. The average molecular weight is 342 g/mol. The second-order valence-electron chi connectivity index (χ2n) is 6.27. The van der Waals surface area contributed by atoms with Crippen LogP contribution in [0.1, 0.15) is 70.5 Å². The fraction of sp³-hybridized carbons (Fsp3) is 0.812. The summed E-state index contributed by atoms with van der Waals surface area (Å²) in [5, 5.41) is 8.19. The fourth-order valence-corrected chi connectivity index (χ4v) is 3.95. The van der Waals surface area contributed by atoms with Crippen molar-refractivity contribution in [1.82, 2.24) is 15.1 Å². The van der Waals surface area contributed by atoms with E-state index in [2.05, 4.69) is 51.8 Å². The van der Waals surface area contributed by atoms with E-state index < -0.39 is 0 Å². The van der Waals surface area contributed by atoms with Crippen LogP contribution < -0.4 is 5.32 Å². The molecule has 1 heterocycles. The van der Waals surface area contributed by atoms with E-state index in [4.69, 9.17) is 0 Å². The van der Waals surface area contributed by atoms with Gasteiger partial charge in [-0.1, -0.05) is 19.8 Å². The largest absolute Gasteiger partial charge is 0.316 e. The van der Waals surface area contributed by atoms with Gasteiger partial charge < -0.3 is 5.32 Å². The molecule has 1 fully saturated rings. The molecule has 3 nitrogen and oxygen atoms in total. The van der Waals surface area contributed by atoms with Gasteiger partial charge in [0.15, 0.2) is 0 Å². The first-order valence-electron chi connectivity index (χ1n) is 8.08. The van der Waals surface area contributed by atoms with Crippen LogP contribution in [0.25, 0.3) is 0 Å². The van der Waals surface area contributed by atoms with Crippen molar-refractivity contribution in [1.29, 1.82) is 0 Å². The molecule has 1 saturated carbocycles. The lowest BCUT2D eigenvalue weighted by Gasteiger charge is -2.33. The van der Waals surface area contributed by atoms with Gasteiger partial charge in [-0.3, -0.25) is 4.68 Å². The Morgan fingerprint density at radius 3 is 2.85 bits per heavy atom.